The minimum Gasteiger partial charge on any atom is -0.497 e. The zero-order valence-corrected chi connectivity index (χ0v) is 19.0. The summed E-state index contributed by atoms with van der Waals surface area (Å²) in [5, 5.41) is 3.78. The normalized spacial score (nSPS) is 14.9. The van der Waals surface area contributed by atoms with Crippen LogP contribution < -0.4 is 4.74 Å². The molecule has 0 atom stereocenters. The third-order valence-corrected chi connectivity index (χ3v) is 6.16. The third-order valence-electron chi connectivity index (χ3n) is 4.83. The Bertz CT molecular complexity index is 1370. The third kappa shape index (κ3) is 5.12. The number of methoxy groups -OCH3 is 1. The van der Waals surface area contributed by atoms with Gasteiger partial charge in [-0.2, -0.15) is 13.4 Å². The molecule has 176 valence electrons. The van der Waals surface area contributed by atoms with Crippen LogP contribution in [0.2, 0.25) is 0 Å². The van der Waals surface area contributed by atoms with Gasteiger partial charge in [-0.3, -0.25) is 4.31 Å². The van der Waals surface area contributed by atoms with Crippen LogP contribution in [0.5, 0.6) is 5.75 Å². The van der Waals surface area contributed by atoms with Gasteiger partial charge in [0.2, 0.25) is 5.82 Å². The lowest BCUT2D eigenvalue weighted by atomic mass is 10.2. The maximum atomic E-state index is 13.1. The van der Waals surface area contributed by atoms with Crippen molar-refractivity contribution in [1.82, 2.24) is 14.4 Å². The molecule has 0 amide bonds. The largest absolute Gasteiger partial charge is 0.497 e. The molecular weight excluding hydrogens is 467 g/mol. The Morgan fingerprint density at radius 2 is 1.82 bits per heavy atom. The predicted octanol–water partition coefficient (Wildman–Crippen LogP) is 3.03. The average molecular weight is 486 g/mol. The monoisotopic (exact) mass is 486 g/mol. The Morgan fingerprint density at radius 1 is 1.12 bits per heavy atom. The number of aromatic nitrogens is 2. The second kappa shape index (κ2) is 9.43. The Kier molecular flexibility index (Phi) is 6.41. The van der Waals surface area contributed by atoms with Crippen molar-refractivity contribution in [2.75, 3.05) is 7.11 Å². The molecule has 4 rings (SSSR count). The van der Waals surface area contributed by atoms with Gasteiger partial charge in [0.15, 0.2) is 6.61 Å². The summed E-state index contributed by atoms with van der Waals surface area (Å²) in [6, 6.07) is 12.3. The fraction of sp³-hybridized carbons (Fsp3) is 0.182. The van der Waals surface area contributed by atoms with E-state index in [1.165, 1.54) is 44.5 Å². The number of ether oxygens (including phenoxy) is 2. The lowest BCUT2D eigenvalue weighted by Crippen LogP contribution is -2.31. The molecule has 1 aliphatic rings. The van der Waals surface area contributed by atoms with Crippen LogP contribution in [-0.2, 0) is 32.9 Å². The van der Waals surface area contributed by atoms with E-state index in [2.05, 4.69) is 14.5 Å². The van der Waals surface area contributed by atoms with Gasteiger partial charge in [-0.1, -0.05) is 17.3 Å². The lowest BCUT2D eigenvalue weighted by Gasteiger charge is -2.23. The van der Waals surface area contributed by atoms with E-state index in [4.69, 9.17) is 14.0 Å². The molecule has 0 unspecified atom stereocenters. The molecule has 0 radical (unpaired) electrons. The van der Waals surface area contributed by atoms with Gasteiger partial charge >= 0.3 is 16.2 Å². The highest BCUT2D eigenvalue weighted by molar-refractivity contribution is 7.88. The highest BCUT2D eigenvalue weighted by atomic mass is 32.2. The van der Waals surface area contributed by atoms with E-state index in [1.807, 2.05) is 0 Å². The molecule has 0 N–H and O–H groups in total. The first kappa shape index (κ1) is 23.1. The van der Waals surface area contributed by atoms with Gasteiger partial charge in [0.1, 0.15) is 11.6 Å². The molecule has 3 aromatic rings. The SMILES string of the molecule is COc1ccc(CN2C=C(C(=O)OCc3nc(-c4ccc(F)cc4)no3)C(C)=NS2(=O)=O)cc1. The molecule has 0 saturated heterocycles. The van der Waals surface area contributed by atoms with Crippen molar-refractivity contribution >= 4 is 21.9 Å². The van der Waals surface area contributed by atoms with Gasteiger partial charge in [0.05, 0.1) is 24.9 Å². The first-order valence-electron chi connectivity index (χ1n) is 9.94. The summed E-state index contributed by atoms with van der Waals surface area (Å²) in [7, 11) is -2.48. The van der Waals surface area contributed by atoms with Gasteiger partial charge in [0, 0.05) is 11.8 Å². The molecule has 1 aromatic heterocycles. The van der Waals surface area contributed by atoms with Crippen LogP contribution in [0, 0.1) is 5.82 Å². The van der Waals surface area contributed by atoms with Crippen molar-refractivity contribution in [2.45, 2.75) is 20.1 Å². The van der Waals surface area contributed by atoms with Crippen molar-refractivity contribution in [3.8, 4) is 17.1 Å². The molecular formula is C22H19FN4O6S. The minimum absolute atomic E-state index is 0.00601. The van der Waals surface area contributed by atoms with Gasteiger partial charge in [-0.05, 0) is 48.9 Å². The van der Waals surface area contributed by atoms with E-state index >= 15 is 0 Å². The zero-order valence-electron chi connectivity index (χ0n) is 18.1. The molecule has 12 heteroatoms. The highest BCUT2D eigenvalue weighted by Gasteiger charge is 2.29. The van der Waals surface area contributed by atoms with E-state index in [1.54, 1.807) is 24.3 Å². The average Bonchev–Trinajstić information content (AvgIpc) is 3.29. The van der Waals surface area contributed by atoms with Crippen LogP contribution in [0.4, 0.5) is 4.39 Å². The highest BCUT2D eigenvalue weighted by Crippen LogP contribution is 2.22. The predicted molar refractivity (Wildman–Crippen MR) is 118 cm³/mol. The number of benzene rings is 2. The number of rotatable bonds is 7. The minimum atomic E-state index is -4.01. The number of carbonyl (C=O) groups excluding carboxylic acids is 1. The molecule has 2 heterocycles. The number of hydrogen-bond donors (Lipinski definition) is 0. The van der Waals surface area contributed by atoms with E-state index in [9.17, 15) is 17.6 Å². The standard InChI is InChI=1S/C22H19FN4O6S/c1-14-19(12-27(34(29,30)26-14)11-15-3-9-18(31-2)10-4-15)22(28)32-13-20-24-21(25-33-20)16-5-7-17(23)8-6-16/h3-10,12H,11,13H2,1-2H3. The van der Waals surface area contributed by atoms with Gasteiger partial charge in [-0.15, -0.1) is 4.40 Å². The molecule has 0 fully saturated rings. The van der Waals surface area contributed by atoms with Crippen molar-refractivity contribution in [3.05, 3.63) is 77.6 Å². The molecule has 34 heavy (non-hydrogen) atoms. The number of nitrogens with zero attached hydrogens (tertiary/aromatic N) is 4. The van der Waals surface area contributed by atoms with Gasteiger partial charge < -0.3 is 14.0 Å². The molecule has 0 aliphatic carbocycles. The van der Waals surface area contributed by atoms with Gasteiger partial charge in [-0.25, -0.2) is 9.18 Å². The Labute approximate surface area is 194 Å². The van der Waals surface area contributed by atoms with Crippen LogP contribution in [0.3, 0.4) is 0 Å². The summed E-state index contributed by atoms with van der Waals surface area (Å²) >= 11 is 0. The molecule has 10 nitrogen and oxygen atoms in total. The van der Waals surface area contributed by atoms with Crippen LogP contribution in [0.15, 0.2) is 69.2 Å². The first-order chi connectivity index (χ1) is 16.2. The van der Waals surface area contributed by atoms with Crippen molar-refractivity contribution < 1.29 is 31.6 Å². The van der Waals surface area contributed by atoms with Crippen molar-refractivity contribution in [3.63, 3.8) is 0 Å². The molecule has 0 saturated carbocycles. The van der Waals surface area contributed by atoms with Crippen molar-refractivity contribution in [1.29, 1.82) is 0 Å². The topological polar surface area (TPSA) is 124 Å². The van der Waals surface area contributed by atoms with E-state index in [-0.39, 0.29) is 36.2 Å². The first-order valence-corrected chi connectivity index (χ1v) is 11.3. The summed E-state index contributed by atoms with van der Waals surface area (Å²) in [5.41, 5.74) is 1.16. The van der Waals surface area contributed by atoms with Crippen LogP contribution in [0.1, 0.15) is 18.4 Å². The maximum Gasteiger partial charge on any atom is 0.344 e. The van der Waals surface area contributed by atoms with Crippen LogP contribution in [-0.4, -0.2) is 41.7 Å². The summed E-state index contributed by atoms with van der Waals surface area (Å²) in [4.78, 5) is 16.8. The Balaban J connectivity index is 1.46. The molecule has 0 spiro atoms. The number of halogens is 1. The summed E-state index contributed by atoms with van der Waals surface area (Å²) in [6.07, 6.45) is 1.18. The number of esters is 1. The fourth-order valence-corrected chi connectivity index (χ4v) is 4.15. The maximum absolute atomic E-state index is 13.1. The van der Waals surface area contributed by atoms with E-state index in [0.29, 0.717) is 16.9 Å². The second-order valence-corrected chi connectivity index (χ2v) is 8.73. The van der Waals surface area contributed by atoms with Crippen LogP contribution >= 0.6 is 0 Å². The van der Waals surface area contributed by atoms with Gasteiger partial charge in [0.25, 0.3) is 5.89 Å². The van der Waals surface area contributed by atoms with Crippen molar-refractivity contribution in [2.24, 2.45) is 4.40 Å². The summed E-state index contributed by atoms with van der Waals surface area (Å²) in [6.45, 7) is 1.02. The zero-order chi connectivity index (χ0) is 24.3. The summed E-state index contributed by atoms with van der Waals surface area (Å²) < 4.78 is 58.1. The molecule has 1 aliphatic heterocycles. The smallest absolute Gasteiger partial charge is 0.344 e. The number of carbonyl (C=O) groups is 1. The number of hydrogen-bond acceptors (Lipinski definition) is 8. The second-order valence-electron chi connectivity index (χ2n) is 7.19. The lowest BCUT2D eigenvalue weighted by molar-refractivity contribution is -0.140. The summed E-state index contributed by atoms with van der Waals surface area (Å²) in [5.74, 6) is -0.360. The fourth-order valence-electron chi connectivity index (χ4n) is 3.05. The van der Waals surface area contributed by atoms with E-state index in [0.717, 1.165) is 4.31 Å². The van der Waals surface area contributed by atoms with E-state index < -0.39 is 22.0 Å². The quantitative estimate of drug-likeness (QED) is 0.467. The Hall–Kier alpha value is -4.06. The van der Waals surface area contributed by atoms with Crippen LogP contribution in [0.25, 0.3) is 11.4 Å². The molecule has 0 bridgehead atoms. The Morgan fingerprint density at radius 3 is 2.50 bits per heavy atom. The molecule has 2 aromatic carbocycles.